The number of amides is 1. The average molecular weight is 343 g/mol. The normalized spacial score (nSPS) is 22.0. The summed E-state index contributed by atoms with van der Waals surface area (Å²) in [5.41, 5.74) is 1.07. The van der Waals surface area contributed by atoms with Crippen molar-refractivity contribution in [2.45, 2.75) is 33.1 Å². The molecule has 0 aliphatic carbocycles. The predicted molar refractivity (Wildman–Crippen MR) is 82.3 cm³/mol. The average Bonchev–Trinajstić information content (AvgIpc) is 2.86. The van der Waals surface area contributed by atoms with Gasteiger partial charge in [-0.2, -0.15) is 0 Å². The first-order valence-corrected chi connectivity index (χ1v) is 7.75. The van der Waals surface area contributed by atoms with E-state index in [9.17, 15) is 9.18 Å². The molecule has 1 atom stereocenters. The highest BCUT2D eigenvalue weighted by atomic mass is 79.9. The minimum atomic E-state index is -0.331. The topological polar surface area (TPSA) is 41.1 Å². The number of aryl methyl sites for hydroxylation is 1. The van der Waals surface area contributed by atoms with Gasteiger partial charge < -0.3 is 10.6 Å². The number of anilines is 1. The fourth-order valence-electron chi connectivity index (χ4n) is 2.78. The molecular weight excluding hydrogens is 323 g/mol. The minimum absolute atomic E-state index is 0.0333. The van der Waals surface area contributed by atoms with Crippen LogP contribution in [-0.2, 0) is 4.79 Å². The summed E-state index contributed by atoms with van der Waals surface area (Å²) in [5, 5.41) is 6.24. The third-order valence-electron chi connectivity index (χ3n) is 3.97. The van der Waals surface area contributed by atoms with Gasteiger partial charge in [-0.15, -0.1) is 0 Å². The molecule has 0 saturated carbocycles. The lowest BCUT2D eigenvalue weighted by Crippen LogP contribution is -2.38. The summed E-state index contributed by atoms with van der Waals surface area (Å²) in [4.78, 5) is 12.6. The summed E-state index contributed by atoms with van der Waals surface area (Å²) < 4.78 is 13.8. The third-order valence-corrected chi connectivity index (χ3v) is 4.58. The standard InChI is InChI=1S/C15H20BrFN2O/c1-3-4-15(5-6-18-9-15)14(20)19-13-8-11(16)12(17)7-10(13)2/h7-8,18H,3-6,9H2,1-2H3,(H,19,20). The highest BCUT2D eigenvalue weighted by Gasteiger charge is 2.40. The Morgan fingerprint density at radius 1 is 1.55 bits per heavy atom. The number of benzene rings is 1. The van der Waals surface area contributed by atoms with Crippen molar-refractivity contribution in [2.24, 2.45) is 5.41 Å². The zero-order chi connectivity index (χ0) is 14.8. The van der Waals surface area contributed by atoms with Crippen LogP contribution in [0.4, 0.5) is 10.1 Å². The van der Waals surface area contributed by atoms with Crippen molar-refractivity contribution in [1.29, 1.82) is 0 Å². The van der Waals surface area contributed by atoms with E-state index in [1.807, 2.05) is 0 Å². The van der Waals surface area contributed by atoms with Crippen molar-refractivity contribution in [2.75, 3.05) is 18.4 Å². The van der Waals surface area contributed by atoms with Crippen molar-refractivity contribution < 1.29 is 9.18 Å². The lowest BCUT2D eigenvalue weighted by molar-refractivity contribution is -0.125. The fourth-order valence-corrected chi connectivity index (χ4v) is 3.12. The first-order valence-electron chi connectivity index (χ1n) is 6.96. The van der Waals surface area contributed by atoms with Crippen LogP contribution in [0.5, 0.6) is 0 Å². The third kappa shape index (κ3) is 3.04. The summed E-state index contributed by atoms with van der Waals surface area (Å²) >= 11 is 3.16. The van der Waals surface area contributed by atoms with Crippen LogP contribution in [0.2, 0.25) is 0 Å². The van der Waals surface area contributed by atoms with E-state index in [-0.39, 0.29) is 17.1 Å². The van der Waals surface area contributed by atoms with Crippen LogP contribution in [-0.4, -0.2) is 19.0 Å². The largest absolute Gasteiger partial charge is 0.325 e. The van der Waals surface area contributed by atoms with E-state index in [4.69, 9.17) is 0 Å². The number of halogens is 2. The molecule has 1 fully saturated rings. The first-order chi connectivity index (χ1) is 9.48. The second-order valence-electron chi connectivity index (χ2n) is 5.49. The van der Waals surface area contributed by atoms with Gasteiger partial charge in [0.1, 0.15) is 5.82 Å². The van der Waals surface area contributed by atoms with Crippen LogP contribution >= 0.6 is 15.9 Å². The number of hydrogen-bond donors (Lipinski definition) is 2. The zero-order valence-corrected chi connectivity index (χ0v) is 13.4. The highest BCUT2D eigenvalue weighted by Crippen LogP contribution is 2.33. The molecule has 1 saturated heterocycles. The molecule has 1 aliphatic heterocycles. The van der Waals surface area contributed by atoms with Crippen LogP contribution in [0.3, 0.4) is 0 Å². The van der Waals surface area contributed by atoms with Crippen molar-refractivity contribution in [3.8, 4) is 0 Å². The molecule has 2 N–H and O–H groups in total. The maximum atomic E-state index is 13.4. The summed E-state index contributed by atoms with van der Waals surface area (Å²) in [6.07, 6.45) is 2.70. The molecule has 5 heteroatoms. The molecule has 2 rings (SSSR count). The number of nitrogens with one attached hydrogen (secondary N) is 2. The SMILES string of the molecule is CCCC1(C(=O)Nc2cc(Br)c(F)cc2C)CCNC1. The molecule has 110 valence electrons. The Labute approximate surface area is 127 Å². The number of carbonyl (C=O) groups is 1. The zero-order valence-electron chi connectivity index (χ0n) is 11.9. The van der Waals surface area contributed by atoms with Gasteiger partial charge in [-0.05, 0) is 59.9 Å². The van der Waals surface area contributed by atoms with E-state index in [2.05, 4.69) is 33.5 Å². The lowest BCUT2D eigenvalue weighted by Gasteiger charge is -2.27. The number of rotatable bonds is 4. The lowest BCUT2D eigenvalue weighted by atomic mass is 9.81. The molecule has 1 heterocycles. The molecule has 3 nitrogen and oxygen atoms in total. The summed E-state index contributed by atoms with van der Waals surface area (Å²) in [5.74, 6) is -0.280. The van der Waals surface area contributed by atoms with Gasteiger partial charge in [0.05, 0.1) is 9.89 Å². The van der Waals surface area contributed by atoms with Gasteiger partial charge in [-0.25, -0.2) is 4.39 Å². The second-order valence-corrected chi connectivity index (χ2v) is 6.35. The Hall–Kier alpha value is -0.940. The molecule has 0 radical (unpaired) electrons. The number of hydrogen-bond acceptors (Lipinski definition) is 2. The van der Waals surface area contributed by atoms with Crippen molar-refractivity contribution in [1.82, 2.24) is 5.32 Å². The van der Waals surface area contributed by atoms with Gasteiger partial charge in [0.2, 0.25) is 5.91 Å². The van der Waals surface area contributed by atoms with E-state index in [1.165, 1.54) is 6.07 Å². The molecule has 0 aromatic heterocycles. The molecule has 0 spiro atoms. The Bertz CT molecular complexity index is 513. The Morgan fingerprint density at radius 2 is 2.30 bits per heavy atom. The molecule has 1 aromatic carbocycles. The Kier molecular flexibility index (Phi) is 4.81. The molecule has 1 aromatic rings. The van der Waals surface area contributed by atoms with Gasteiger partial charge >= 0.3 is 0 Å². The summed E-state index contributed by atoms with van der Waals surface area (Å²) in [7, 11) is 0. The fraction of sp³-hybridized carbons (Fsp3) is 0.533. The van der Waals surface area contributed by atoms with Crippen LogP contribution < -0.4 is 10.6 Å². The quantitative estimate of drug-likeness (QED) is 0.877. The second kappa shape index (κ2) is 6.22. The van der Waals surface area contributed by atoms with Crippen molar-refractivity contribution >= 4 is 27.5 Å². The highest BCUT2D eigenvalue weighted by molar-refractivity contribution is 9.10. The minimum Gasteiger partial charge on any atom is -0.325 e. The van der Waals surface area contributed by atoms with Crippen LogP contribution in [0.25, 0.3) is 0 Å². The number of carbonyl (C=O) groups excluding carboxylic acids is 1. The van der Waals surface area contributed by atoms with E-state index in [0.29, 0.717) is 16.7 Å². The van der Waals surface area contributed by atoms with Gasteiger partial charge in [0.25, 0.3) is 0 Å². The molecule has 1 unspecified atom stereocenters. The van der Waals surface area contributed by atoms with Crippen LogP contribution in [0.15, 0.2) is 16.6 Å². The maximum Gasteiger partial charge on any atom is 0.231 e. The van der Waals surface area contributed by atoms with Gasteiger partial charge in [-0.1, -0.05) is 13.3 Å². The van der Waals surface area contributed by atoms with Gasteiger partial charge in [0.15, 0.2) is 0 Å². The Balaban J connectivity index is 2.20. The predicted octanol–water partition coefficient (Wildman–Crippen LogP) is 3.61. The van der Waals surface area contributed by atoms with Gasteiger partial charge in [-0.3, -0.25) is 4.79 Å². The van der Waals surface area contributed by atoms with Crippen LogP contribution in [0.1, 0.15) is 31.7 Å². The van der Waals surface area contributed by atoms with Crippen molar-refractivity contribution in [3.63, 3.8) is 0 Å². The molecule has 0 bridgehead atoms. The molecule has 20 heavy (non-hydrogen) atoms. The van der Waals surface area contributed by atoms with E-state index in [0.717, 1.165) is 31.4 Å². The Morgan fingerprint density at radius 3 is 2.90 bits per heavy atom. The summed E-state index contributed by atoms with van der Waals surface area (Å²) in [6.45, 7) is 5.48. The maximum absolute atomic E-state index is 13.4. The van der Waals surface area contributed by atoms with E-state index in [1.54, 1.807) is 13.0 Å². The van der Waals surface area contributed by atoms with Crippen LogP contribution in [0, 0.1) is 18.2 Å². The molecule has 1 amide bonds. The first kappa shape index (κ1) is 15.4. The van der Waals surface area contributed by atoms with E-state index >= 15 is 0 Å². The van der Waals surface area contributed by atoms with E-state index < -0.39 is 0 Å². The monoisotopic (exact) mass is 342 g/mol. The van der Waals surface area contributed by atoms with Gasteiger partial charge in [0, 0.05) is 12.2 Å². The smallest absolute Gasteiger partial charge is 0.231 e. The molecular formula is C15H20BrFN2O. The van der Waals surface area contributed by atoms with Crippen molar-refractivity contribution in [3.05, 3.63) is 28.0 Å². The summed E-state index contributed by atoms with van der Waals surface area (Å²) in [6, 6.07) is 3.06. The molecule has 1 aliphatic rings.